The lowest BCUT2D eigenvalue weighted by Gasteiger charge is -2.20. The van der Waals surface area contributed by atoms with Gasteiger partial charge >= 0.3 is 5.97 Å². The van der Waals surface area contributed by atoms with Crippen LogP contribution in [0.4, 0.5) is 0 Å². The van der Waals surface area contributed by atoms with Crippen LogP contribution in [-0.2, 0) is 16.1 Å². The molecule has 2 N–H and O–H groups in total. The summed E-state index contributed by atoms with van der Waals surface area (Å²) >= 11 is 3.45. The minimum Gasteiger partial charge on any atom is -0.480 e. The molecule has 0 spiro atoms. The third-order valence-electron chi connectivity index (χ3n) is 4.11. The van der Waals surface area contributed by atoms with Crippen molar-refractivity contribution < 1.29 is 14.7 Å². The molecule has 0 saturated carbocycles. The lowest BCUT2D eigenvalue weighted by Crippen LogP contribution is -2.45. The van der Waals surface area contributed by atoms with Crippen LogP contribution in [0, 0.1) is 5.92 Å². The molecule has 2 atom stereocenters. The van der Waals surface area contributed by atoms with Gasteiger partial charge in [0.15, 0.2) is 0 Å². The van der Waals surface area contributed by atoms with Gasteiger partial charge in [-0.15, -0.1) is 0 Å². The van der Waals surface area contributed by atoms with Gasteiger partial charge < -0.3 is 15.0 Å². The molecule has 1 amide bonds. The first-order valence-electron chi connectivity index (χ1n) is 7.69. The van der Waals surface area contributed by atoms with Crippen molar-refractivity contribution in [3.8, 4) is 0 Å². The number of fused-ring (bicyclic) bond motifs is 1. The second-order valence-electron chi connectivity index (χ2n) is 5.73. The zero-order valence-corrected chi connectivity index (χ0v) is 14.8. The van der Waals surface area contributed by atoms with Crippen LogP contribution in [0.5, 0.6) is 0 Å². The maximum atomic E-state index is 12.1. The molecule has 0 fully saturated rings. The number of aliphatic carboxylic acids is 1. The van der Waals surface area contributed by atoms with E-state index >= 15 is 0 Å². The fourth-order valence-electron chi connectivity index (χ4n) is 2.50. The number of halogens is 1. The van der Waals surface area contributed by atoms with Crippen molar-refractivity contribution in [2.45, 2.75) is 39.3 Å². The summed E-state index contributed by atoms with van der Waals surface area (Å²) in [4.78, 5) is 23.3. The Morgan fingerprint density at radius 1 is 1.35 bits per heavy atom. The number of carboxylic acids is 1. The Hall–Kier alpha value is -1.82. The minimum absolute atomic E-state index is 0.0974. The van der Waals surface area contributed by atoms with E-state index in [0.29, 0.717) is 13.0 Å². The first-order chi connectivity index (χ1) is 10.9. The van der Waals surface area contributed by atoms with Crippen LogP contribution in [0.1, 0.15) is 26.7 Å². The zero-order chi connectivity index (χ0) is 17.0. The monoisotopic (exact) mass is 380 g/mol. The van der Waals surface area contributed by atoms with Crippen molar-refractivity contribution in [2.75, 3.05) is 0 Å². The summed E-state index contributed by atoms with van der Waals surface area (Å²) in [5.41, 5.74) is 1.05. The Bertz CT molecular complexity index is 711. The van der Waals surface area contributed by atoms with Gasteiger partial charge in [-0.25, -0.2) is 4.79 Å². The predicted molar refractivity (Wildman–Crippen MR) is 93.3 cm³/mol. The Kier molecular flexibility index (Phi) is 5.82. The number of hydrogen-bond donors (Lipinski definition) is 2. The lowest BCUT2D eigenvalue weighted by molar-refractivity contribution is -0.143. The molecule has 0 unspecified atom stereocenters. The van der Waals surface area contributed by atoms with Crippen molar-refractivity contribution in [1.29, 1.82) is 0 Å². The van der Waals surface area contributed by atoms with Crippen LogP contribution < -0.4 is 5.32 Å². The summed E-state index contributed by atoms with van der Waals surface area (Å²) in [5, 5.41) is 13.0. The Morgan fingerprint density at radius 2 is 2.09 bits per heavy atom. The number of benzene rings is 1. The van der Waals surface area contributed by atoms with Crippen LogP contribution >= 0.6 is 15.9 Å². The number of carbonyl (C=O) groups is 2. The fraction of sp³-hybridized carbons (Fsp3) is 0.412. The fourth-order valence-corrected chi connectivity index (χ4v) is 2.85. The number of carboxylic acid groups (broad SMARTS) is 1. The van der Waals surface area contributed by atoms with E-state index in [1.807, 2.05) is 48.9 Å². The molecule has 23 heavy (non-hydrogen) atoms. The van der Waals surface area contributed by atoms with Gasteiger partial charge in [0.2, 0.25) is 5.91 Å². The molecule has 124 valence electrons. The van der Waals surface area contributed by atoms with Crippen molar-refractivity contribution in [1.82, 2.24) is 9.88 Å². The molecule has 0 aliphatic carbocycles. The molecule has 1 aromatic heterocycles. The first-order valence-corrected chi connectivity index (χ1v) is 8.48. The van der Waals surface area contributed by atoms with Gasteiger partial charge in [-0.3, -0.25) is 4.79 Å². The van der Waals surface area contributed by atoms with E-state index in [4.69, 9.17) is 0 Å². The highest BCUT2D eigenvalue weighted by Gasteiger charge is 2.25. The number of nitrogens with one attached hydrogen (secondary N) is 1. The third kappa shape index (κ3) is 4.34. The summed E-state index contributed by atoms with van der Waals surface area (Å²) in [6.07, 6.45) is 2.89. The molecule has 0 aliphatic heterocycles. The molecule has 2 aromatic rings. The number of nitrogens with zero attached hydrogens (tertiary/aromatic N) is 1. The largest absolute Gasteiger partial charge is 0.480 e. The highest BCUT2D eigenvalue weighted by Crippen LogP contribution is 2.21. The summed E-state index contributed by atoms with van der Waals surface area (Å²) < 4.78 is 2.98. The Balaban J connectivity index is 2.00. The SMILES string of the molecule is CC[C@H](C)[C@H](NC(=O)CCn1ccc2ccc(Br)cc21)C(=O)O. The maximum absolute atomic E-state index is 12.1. The van der Waals surface area contributed by atoms with Crippen molar-refractivity contribution in [2.24, 2.45) is 5.92 Å². The predicted octanol–water partition coefficient (Wildman–Crippen LogP) is 3.41. The Labute approximate surface area is 143 Å². The van der Waals surface area contributed by atoms with Crippen LogP contribution in [-0.4, -0.2) is 27.6 Å². The number of amides is 1. The Morgan fingerprint density at radius 3 is 2.74 bits per heavy atom. The van der Waals surface area contributed by atoms with Crippen LogP contribution in [0.2, 0.25) is 0 Å². The highest BCUT2D eigenvalue weighted by molar-refractivity contribution is 9.10. The molecule has 5 nitrogen and oxygen atoms in total. The number of aryl methyl sites for hydroxylation is 1. The quantitative estimate of drug-likeness (QED) is 0.772. The molecule has 1 aromatic carbocycles. The van der Waals surface area contributed by atoms with Crippen LogP contribution in [0.15, 0.2) is 34.9 Å². The second-order valence-corrected chi connectivity index (χ2v) is 6.65. The maximum Gasteiger partial charge on any atom is 0.326 e. The summed E-state index contributed by atoms with van der Waals surface area (Å²) in [6.45, 7) is 4.26. The molecule has 1 heterocycles. The molecule has 0 radical (unpaired) electrons. The first kappa shape index (κ1) is 17.5. The number of aromatic nitrogens is 1. The number of rotatable bonds is 7. The average molecular weight is 381 g/mol. The average Bonchev–Trinajstić information content (AvgIpc) is 2.91. The van der Waals surface area contributed by atoms with E-state index in [1.54, 1.807) is 0 Å². The van der Waals surface area contributed by atoms with E-state index in [9.17, 15) is 14.7 Å². The van der Waals surface area contributed by atoms with Crippen molar-refractivity contribution >= 4 is 38.7 Å². The number of carbonyl (C=O) groups excluding carboxylic acids is 1. The summed E-state index contributed by atoms with van der Waals surface area (Å²) in [7, 11) is 0. The third-order valence-corrected chi connectivity index (χ3v) is 4.60. The van der Waals surface area contributed by atoms with Crippen molar-refractivity contribution in [3.63, 3.8) is 0 Å². The smallest absolute Gasteiger partial charge is 0.326 e. The molecule has 0 aliphatic rings. The van der Waals surface area contributed by atoms with E-state index in [-0.39, 0.29) is 18.2 Å². The minimum atomic E-state index is -0.983. The van der Waals surface area contributed by atoms with Gasteiger partial charge in [-0.2, -0.15) is 0 Å². The van der Waals surface area contributed by atoms with Gasteiger partial charge in [0.1, 0.15) is 6.04 Å². The van der Waals surface area contributed by atoms with Gasteiger partial charge in [-0.1, -0.05) is 42.3 Å². The van der Waals surface area contributed by atoms with Crippen molar-refractivity contribution in [3.05, 3.63) is 34.9 Å². The van der Waals surface area contributed by atoms with E-state index in [1.165, 1.54) is 0 Å². The van der Waals surface area contributed by atoms with Gasteiger partial charge in [0, 0.05) is 29.2 Å². The van der Waals surface area contributed by atoms with Gasteiger partial charge in [0.25, 0.3) is 0 Å². The normalized spacial score (nSPS) is 13.7. The number of hydrogen-bond acceptors (Lipinski definition) is 2. The van der Waals surface area contributed by atoms with E-state index < -0.39 is 12.0 Å². The summed E-state index contributed by atoms with van der Waals surface area (Å²) in [6, 6.07) is 7.16. The highest BCUT2D eigenvalue weighted by atomic mass is 79.9. The summed E-state index contributed by atoms with van der Waals surface area (Å²) in [5.74, 6) is -1.32. The van der Waals surface area contributed by atoms with Crippen LogP contribution in [0.25, 0.3) is 10.9 Å². The van der Waals surface area contributed by atoms with Gasteiger partial charge in [0.05, 0.1) is 0 Å². The molecular weight excluding hydrogens is 360 g/mol. The zero-order valence-electron chi connectivity index (χ0n) is 13.3. The topological polar surface area (TPSA) is 71.3 Å². The molecule has 0 bridgehead atoms. The van der Waals surface area contributed by atoms with E-state index in [0.717, 1.165) is 15.4 Å². The lowest BCUT2D eigenvalue weighted by atomic mass is 9.99. The standard InChI is InChI=1S/C17H21BrN2O3/c1-3-11(2)16(17(22)23)19-15(21)7-9-20-8-6-12-4-5-13(18)10-14(12)20/h4-6,8,10-11,16H,3,7,9H2,1-2H3,(H,19,21)(H,22,23)/t11-,16-/m0/s1. The van der Waals surface area contributed by atoms with Gasteiger partial charge in [-0.05, 0) is 29.5 Å². The molecule has 2 rings (SSSR count). The van der Waals surface area contributed by atoms with Crippen LogP contribution in [0.3, 0.4) is 0 Å². The van der Waals surface area contributed by atoms with E-state index in [2.05, 4.69) is 21.2 Å². The molecule has 6 heteroatoms. The molecular formula is C17H21BrN2O3. The molecule has 0 saturated heterocycles. The second kappa shape index (κ2) is 7.64.